The maximum Gasteiger partial charge on any atom is 0.250 e. The number of thiophene rings is 1. The molecule has 0 radical (unpaired) electrons. The lowest BCUT2D eigenvalue weighted by Crippen LogP contribution is -2.29. The Morgan fingerprint density at radius 2 is 2.05 bits per heavy atom. The minimum absolute atomic E-state index is 0.237. The summed E-state index contributed by atoms with van der Waals surface area (Å²) in [5.74, 6) is 0. The summed E-state index contributed by atoms with van der Waals surface area (Å²) >= 11 is 1.38. The minimum atomic E-state index is -3.36. The van der Waals surface area contributed by atoms with Crippen molar-refractivity contribution in [1.82, 2.24) is 10.0 Å². The molecule has 1 aromatic heterocycles. The van der Waals surface area contributed by atoms with Crippen LogP contribution in [0.3, 0.4) is 0 Å². The van der Waals surface area contributed by atoms with Gasteiger partial charge in [-0.15, -0.1) is 11.3 Å². The molecule has 0 spiro atoms. The zero-order chi connectivity index (χ0) is 15.5. The van der Waals surface area contributed by atoms with Crippen LogP contribution in [0.5, 0.6) is 0 Å². The molecular formula is C15H26N2O2S2. The molecule has 2 rings (SSSR count). The van der Waals surface area contributed by atoms with E-state index >= 15 is 0 Å². The number of hydrogen-bond acceptors (Lipinski definition) is 4. The second-order valence-corrected chi connectivity index (χ2v) is 9.16. The lowest BCUT2D eigenvalue weighted by molar-refractivity contribution is 0.449. The molecule has 1 aromatic rings. The van der Waals surface area contributed by atoms with Gasteiger partial charge in [-0.2, -0.15) is 0 Å². The molecule has 1 aliphatic carbocycles. The van der Waals surface area contributed by atoms with Crippen LogP contribution < -0.4 is 10.0 Å². The first-order valence-electron chi connectivity index (χ1n) is 7.72. The zero-order valence-electron chi connectivity index (χ0n) is 13.2. The van der Waals surface area contributed by atoms with E-state index in [9.17, 15) is 8.42 Å². The smallest absolute Gasteiger partial charge is 0.250 e. The summed E-state index contributed by atoms with van der Waals surface area (Å²) in [6, 6.07) is 1.79. The van der Waals surface area contributed by atoms with E-state index in [4.69, 9.17) is 0 Å². The first kappa shape index (κ1) is 16.9. The van der Waals surface area contributed by atoms with Gasteiger partial charge in [-0.25, -0.2) is 13.1 Å². The average Bonchev–Trinajstić information content (AvgIpc) is 3.10. The number of aryl methyl sites for hydroxylation is 1. The van der Waals surface area contributed by atoms with Crippen molar-refractivity contribution in [2.24, 2.45) is 5.41 Å². The van der Waals surface area contributed by atoms with Crippen LogP contribution in [0, 0.1) is 12.3 Å². The maximum atomic E-state index is 12.4. The summed E-state index contributed by atoms with van der Waals surface area (Å²) in [4.78, 5) is 1.10. The number of rotatable bonds is 9. The summed E-state index contributed by atoms with van der Waals surface area (Å²) < 4.78 is 28.1. The van der Waals surface area contributed by atoms with Crippen LogP contribution in [0.1, 0.15) is 50.0 Å². The van der Waals surface area contributed by atoms with Gasteiger partial charge >= 0.3 is 0 Å². The van der Waals surface area contributed by atoms with Gasteiger partial charge < -0.3 is 5.32 Å². The molecule has 1 fully saturated rings. The van der Waals surface area contributed by atoms with E-state index < -0.39 is 10.0 Å². The van der Waals surface area contributed by atoms with Gasteiger partial charge in [0, 0.05) is 18.0 Å². The van der Waals surface area contributed by atoms with Crippen LogP contribution in [0.25, 0.3) is 0 Å². The topological polar surface area (TPSA) is 58.2 Å². The molecule has 0 saturated heterocycles. The van der Waals surface area contributed by atoms with E-state index in [1.54, 1.807) is 6.07 Å². The molecule has 1 heterocycles. The zero-order valence-corrected chi connectivity index (χ0v) is 14.8. The Morgan fingerprint density at radius 1 is 1.33 bits per heavy atom. The van der Waals surface area contributed by atoms with Crippen molar-refractivity contribution >= 4 is 21.4 Å². The molecule has 21 heavy (non-hydrogen) atoms. The number of sulfonamides is 1. The predicted octanol–water partition coefficient (Wildman–Crippen LogP) is 3.02. The Morgan fingerprint density at radius 3 is 2.62 bits per heavy atom. The normalized spacial score (nSPS) is 17.1. The molecule has 1 saturated carbocycles. The van der Waals surface area contributed by atoms with Crippen molar-refractivity contribution in [2.75, 3.05) is 13.1 Å². The second-order valence-electron chi connectivity index (χ2n) is 6.03. The first-order valence-corrected chi connectivity index (χ1v) is 10.0. The third-order valence-corrected chi connectivity index (χ3v) is 7.28. The van der Waals surface area contributed by atoms with Crippen molar-refractivity contribution in [1.29, 1.82) is 0 Å². The predicted molar refractivity (Wildman–Crippen MR) is 88.2 cm³/mol. The van der Waals surface area contributed by atoms with E-state index in [1.165, 1.54) is 11.3 Å². The molecule has 0 atom stereocenters. The van der Waals surface area contributed by atoms with E-state index in [1.807, 2.05) is 13.8 Å². The highest BCUT2D eigenvalue weighted by atomic mass is 32.2. The molecule has 0 unspecified atom stereocenters. The highest BCUT2D eigenvalue weighted by Crippen LogP contribution is 2.49. The highest BCUT2D eigenvalue weighted by Gasteiger charge is 2.42. The fourth-order valence-corrected chi connectivity index (χ4v) is 5.34. The number of nitrogens with one attached hydrogen (secondary N) is 2. The van der Waals surface area contributed by atoms with E-state index in [-0.39, 0.29) is 5.41 Å². The van der Waals surface area contributed by atoms with Gasteiger partial charge in [0.15, 0.2) is 0 Å². The molecule has 0 aliphatic heterocycles. The second kappa shape index (κ2) is 6.77. The largest absolute Gasteiger partial charge is 0.312 e. The molecule has 6 heteroatoms. The summed E-state index contributed by atoms with van der Waals surface area (Å²) in [6.45, 7) is 8.39. The first-order chi connectivity index (χ1) is 9.92. The minimum Gasteiger partial charge on any atom is -0.312 e. The van der Waals surface area contributed by atoms with Gasteiger partial charge in [-0.3, -0.25) is 0 Å². The van der Waals surface area contributed by atoms with Crippen molar-refractivity contribution in [3.05, 3.63) is 16.5 Å². The lowest BCUT2D eigenvalue weighted by atomic mass is 10.0. The Labute approximate surface area is 132 Å². The molecular weight excluding hydrogens is 304 g/mol. The van der Waals surface area contributed by atoms with Gasteiger partial charge in [-0.1, -0.05) is 20.3 Å². The fourth-order valence-electron chi connectivity index (χ4n) is 2.58. The van der Waals surface area contributed by atoms with Gasteiger partial charge in [0.25, 0.3) is 0 Å². The lowest BCUT2D eigenvalue weighted by Gasteiger charge is -2.14. The standard InChI is InChI=1S/C15H26N2O2S2/c1-4-6-15(7-8-15)11-17-21(18,19)14-9-12(3)13(20-14)10-16-5-2/h9,16-17H,4-8,10-11H2,1-3H3. The van der Waals surface area contributed by atoms with Crippen molar-refractivity contribution in [2.45, 2.75) is 57.2 Å². The van der Waals surface area contributed by atoms with Gasteiger partial charge in [0.1, 0.15) is 4.21 Å². The highest BCUT2D eigenvalue weighted by molar-refractivity contribution is 7.91. The van der Waals surface area contributed by atoms with Crippen LogP contribution in [0.4, 0.5) is 0 Å². The Kier molecular flexibility index (Phi) is 5.46. The van der Waals surface area contributed by atoms with E-state index in [2.05, 4.69) is 17.0 Å². The molecule has 0 amide bonds. The van der Waals surface area contributed by atoms with Crippen LogP contribution in [-0.2, 0) is 16.6 Å². The Balaban J connectivity index is 2.02. The quantitative estimate of drug-likeness (QED) is 0.732. The average molecular weight is 331 g/mol. The summed E-state index contributed by atoms with van der Waals surface area (Å²) in [7, 11) is -3.36. The van der Waals surface area contributed by atoms with Gasteiger partial charge in [0.2, 0.25) is 10.0 Å². The monoisotopic (exact) mass is 330 g/mol. The summed E-state index contributed by atoms with van der Waals surface area (Å²) in [5, 5.41) is 3.25. The molecule has 4 nitrogen and oxygen atoms in total. The van der Waals surface area contributed by atoms with Crippen LogP contribution in [-0.4, -0.2) is 21.5 Å². The van der Waals surface area contributed by atoms with Crippen molar-refractivity contribution in [3.63, 3.8) is 0 Å². The summed E-state index contributed by atoms with van der Waals surface area (Å²) in [6.07, 6.45) is 4.54. The SMILES string of the molecule is CCCC1(CNS(=O)(=O)c2cc(C)c(CNCC)s2)CC1. The molecule has 1 aliphatic rings. The van der Waals surface area contributed by atoms with Gasteiger partial charge in [0.05, 0.1) is 0 Å². The van der Waals surface area contributed by atoms with Crippen LogP contribution in [0.15, 0.2) is 10.3 Å². The van der Waals surface area contributed by atoms with Gasteiger partial charge in [-0.05, 0) is 49.8 Å². The molecule has 2 N–H and O–H groups in total. The molecule has 0 bridgehead atoms. The third-order valence-electron chi connectivity index (χ3n) is 4.17. The van der Waals surface area contributed by atoms with E-state index in [0.29, 0.717) is 10.8 Å². The molecule has 0 aromatic carbocycles. The Hall–Kier alpha value is -0.430. The van der Waals surface area contributed by atoms with Crippen LogP contribution >= 0.6 is 11.3 Å². The van der Waals surface area contributed by atoms with E-state index in [0.717, 1.165) is 49.2 Å². The van der Waals surface area contributed by atoms with Crippen LogP contribution in [0.2, 0.25) is 0 Å². The molecule has 120 valence electrons. The Bertz CT molecular complexity index is 574. The summed E-state index contributed by atoms with van der Waals surface area (Å²) in [5.41, 5.74) is 1.29. The van der Waals surface area contributed by atoms with Crippen molar-refractivity contribution < 1.29 is 8.42 Å². The fraction of sp³-hybridized carbons (Fsp3) is 0.733. The maximum absolute atomic E-state index is 12.4. The third kappa shape index (κ3) is 4.28. The number of hydrogen-bond donors (Lipinski definition) is 2. The van der Waals surface area contributed by atoms with Crippen molar-refractivity contribution in [3.8, 4) is 0 Å².